The van der Waals surface area contributed by atoms with Crippen LogP contribution >= 0.6 is 0 Å². The molecular formula is C8H21N3. The van der Waals surface area contributed by atoms with Crippen molar-refractivity contribution in [3.05, 3.63) is 0 Å². The molecule has 1 unspecified atom stereocenters. The second-order valence-electron chi connectivity index (χ2n) is 2.90. The molecule has 0 aliphatic carbocycles. The highest BCUT2D eigenvalue weighted by molar-refractivity contribution is 4.63. The number of nitrogens with two attached hydrogens (primary N) is 2. The zero-order chi connectivity index (χ0) is 8.53. The Morgan fingerprint density at radius 2 is 2.18 bits per heavy atom. The lowest BCUT2D eigenvalue weighted by Gasteiger charge is -2.10. The van der Waals surface area contributed by atoms with Crippen LogP contribution < -0.4 is 16.8 Å². The van der Waals surface area contributed by atoms with Crippen LogP contribution in [-0.2, 0) is 0 Å². The first-order chi connectivity index (χ1) is 5.31. The molecule has 0 saturated carbocycles. The third-order valence-corrected chi connectivity index (χ3v) is 1.62. The van der Waals surface area contributed by atoms with Gasteiger partial charge in [0.2, 0.25) is 0 Å². The Bertz CT molecular complexity index is 75.7. The molecule has 0 aliphatic rings. The van der Waals surface area contributed by atoms with Crippen molar-refractivity contribution in [1.29, 1.82) is 0 Å². The smallest absolute Gasteiger partial charge is 0.0165 e. The van der Waals surface area contributed by atoms with Crippen LogP contribution in [0.25, 0.3) is 0 Å². The largest absolute Gasteiger partial charge is 0.330 e. The van der Waals surface area contributed by atoms with E-state index in [9.17, 15) is 0 Å². The van der Waals surface area contributed by atoms with Crippen LogP contribution in [0.15, 0.2) is 0 Å². The van der Waals surface area contributed by atoms with Crippen LogP contribution in [-0.4, -0.2) is 25.7 Å². The predicted molar refractivity (Wildman–Crippen MR) is 49.4 cm³/mol. The van der Waals surface area contributed by atoms with Crippen molar-refractivity contribution in [2.24, 2.45) is 11.5 Å². The van der Waals surface area contributed by atoms with E-state index in [0.717, 1.165) is 32.5 Å². The van der Waals surface area contributed by atoms with E-state index >= 15 is 0 Å². The van der Waals surface area contributed by atoms with Crippen molar-refractivity contribution in [2.45, 2.75) is 32.2 Å². The minimum absolute atomic E-state index is 0.317. The van der Waals surface area contributed by atoms with Crippen molar-refractivity contribution < 1.29 is 0 Å². The summed E-state index contributed by atoms with van der Waals surface area (Å²) in [6.45, 7) is 4.83. The van der Waals surface area contributed by atoms with E-state index in [2.05, 4.69) is 12.2 Å². The van der Waals surface area contributed by atoms with Gasteiger partial charge in [-0.25, -0.2) is 0 Å². The summed E-state index contributed by atoms with van der Waals surface area (Å²) in [6.07, 6.45) is 3.31. The molecule has 0 aromatic rings. The molecule has 5 N–H and O–H groups in total. The van der Waals surface area contributed by atoms with Crippen molar-refractivity contribution in [3.63, 3.8) is 0 Å². The Kier molecular flexibility index (Phi) is 7.89. The average molecular weight is 159 g/mol. The Balaban J connectivity index is 2.97. The molecule has 0 aromatic carbocycles. The zero-order valence-electron chi connectivity index (χ0n) is 7.47. The lowest BCUT2D eigenvalue weighted by molar-refractivity contribution is 0.534. The monoisotopic (exact) mass is 159 g/mol. The summed E-state index contributed by atoms with van der Waals surface area (Å²) in [5, 5.41) is 3.27. The molecule has 0 aromatic heterocycles. The predicted octanol–water partition coefficient (Wildman–Crippen LogP) is 0.0522. The molecule has 0 fully saturated rings. The summed E-state index contributed by atoms with van der Waals surface area (Å²) in [6, 6.07) is 0.317. The van der Waals surface area contributed by atoms with Gasteiger partial charge < -0.3 is 16.8 Å². The highest BCUT2D eigenvalue weighted by atomic mass is 14.9. The molecule has 68 valence electrons. The molecule has 0 saturated heterocycles. The van der Waals surface area contributed by atoms with Gasteiger partial charge in [-0.3, -0.25) is 0 Å². The van der Waals surface area contributed by atoms with Gasteiger partial charge >= 0.3 is 0 Å². The van der Waals surface area contributed by atoms with Crippen LogP contribution in [0.4, 0.5) is 0 Å². The van der Waals surface area contributed by atoms with Crippen molar-refractivity contribution in [3.8, 4) is 0 Å². The van der Waals surface area contributed by atoms with Crippen LogP contribution in [0.5, 0.6) is 0 Å². The van der Waals surface area contributed by atoms with E-state index < -0.39 is 0 Å². The van der Waals surface area contributed by atoms with E-state index in [1.54, 1.807) is 0 Å². The molecular weight excluding hydrogens is 138 g/mol. The van der Waals surface area contributed by atoms with Gasteiger partial charge in [0.05, 0.1) is 0 Å². The fourth-order valence-electron chi connectivity index (χ4n) is 0.987. The molecule has 0 amide bonds. The third-order valence-electron chi connectivity index (χ3n) is 1.62. The van der Waals surface area contributed by atoms with E-state index in [-0.39, 0.29) is 0 Å². The van der Waals surface area contributed by atoms with Crippen LogP contribution in [0, 0.1) is 0 Å². The zero-order valence-corrected chi connectivity index (χ0v) is 7.47. The highest BCUT2D eigenvalue weighted by Crippen LogP contribution is 1.90. The Morgan fingerprint density at radius 3 is 2.73 bits per heavy atom. The summed E-state index contributed by atoms with van der Waals surface area (Å²) in [4.78, 5) is 0. The van der Waals surface area contributed by atoms with E-state index in [0.29, 0.717) is 6.04 Å². The Hall–Kier alpha value is -0.120. The van der Waals surface area contributed by atoms with Crippen LogP contribution in [0.3, 0.4) is 0 Å². The van der Waals surface area contributed by atoms with Crippen LogP contribution in [0.2, 0.25) is 0 Å². The molecule has 0 radical (unpaired) electrons. The SMILES string of the molecule is CCCC(N)CNCCCN. The van der Waals surface area contributed by atoms with Gasteiger partial charge in [0.15, 0.2) is 0 Å². The van der Waals surface area contributed by atoms with Crippen molar-refractivity contribution in [2.75, 3.05) is 19.6 Å². The highest BCUT2D eigenvalue weighted by Gasteiger charge is 1.98. The van der Waals surface area contributed by atoms with Gasteiger partial charge in [-0.15, -0.1) is 0 Å². The van der Waals surface area contributed by atoms with Gasteiger partial charge in [-0.2, -0.15) is 0 Å². The lowest BCUT2D eigenvalue weighted by Crippen LogP contribution is -2.34. The fraction of sp³-hybridized carbons (Fsp3) is 1.00. The number of hydrogen-bond acceptors (Lipinski definition) is 3. The summed E-state index contributed by atoms with van der Waals surface area (Å²) in [5.41, 5.74) is 11.1. The molecule has 0 bridgehead atoms. The quantitative estimate of drug-likeness (QED) is 0.460. The summed E-state index contributed by atoms with van der Waals surface area (Å²) >= 11 is 0. The second-order valence-corrected chi connectivity index (χ2v) is 2.90. The number of hydrogen-bond donors (Lipinski definition) is 3. The van der Waals surface area contributed by atoms with Gasteiger partial charge in [0, 0.05) is 12.6 Å². The summed E-state index contributed by atoms with van der Waals surface area (Å²) in [7, 11) is 0. The number of rotatable bonds is 7. The normalized spacial score (nSPS) is 13.4. The van der Waals surface area contributed by atoms with Gasteiger partial charge in [-0.1, -0.05) is 13.3 Å². The molecule has 0 spiro atoms. The molecule has 1 atom stereocenters. The fourth-order valence-corrected chi connectivity index (χ4v) is 0.987. The van der Waals surface area contributed by atoms with Crippen molar-refractivity contribution in [1.82, 2.24) is 5.32 Å². The molecule has 0 rings (SSSR count). The van der Waals surface area contributed by atoms with Crippen molar-refractivity contribution >= 4 is 0 Å². The van der Waals surface area contributed by atoms with Gasteiger partial charge in [0.25, 0.3) is 0 Å². The van der Waals surface area contributed by atoms with Gasteiger partial charge in [0.1, 0.15) is 0 Å². The molecule has 0 heterocycles. The minimum Gasteiger partial charge on any atom is -0.330 e. The van der Waals surface area contributed by atoms with E-state index in [4.69, 9.17) is 11.5 Å². The third kappa shape index (κ3) is 7.78. The van der Waals surface area contributed by atoms with E-state index in [1.807, 2.05) is 0 Å². The summed E-state index contributed by atoms with van der Waals surface area (Å²) < 4.78 is 0. The minimum atomic E-state index is 0.317. The molecule has 0 aliphatic heterocycles. The lowest BCUT2D eigenvalue weighted by atomic mass is 10.2. The first-order valence-corrected chi connectivity index (χ1v) is 4.47. The number of nitrogens with one attached hydrogen (secondary N) is 1. The molecule has 11 heavy (non-hydrogen) atoms. The maximum absolute atomic E-state index is 5.77. The van der Waals surface area contributed by atoms with Crippen LogP contribution in [0.1, 0.15) is 26.2 Å². The second kappa shape index (κ2) is 7.98. The molecule has 3 heteroatoms. The average Bonchev–Trinajstić information content (AvgIpc) is 1.99. The topological polar surface area (TPSA) is 64.1 Å². The Morgan fingerprint density at radius 1 is 1.45 bits per heavy atom. The van der Waals surface area contributed by atoms with E-state index in [1.165, 1.54) is 6.42 Å². The summed E-state index contributed by atoms with van der Waals surface area (Å²) in [5.74, 6) is 0. The maximum atomic E-state index is 5.77. The molecule has 3 nitrogen and oxygen atoms in total. The Labute approximate surface area is 69.5 Å². The first kappa shape index (κ1) is 10.9. The maximum Gasteiger partial charge on any atom is 0.0165 e. The van der Waals surface area contributed by atoms with Gasteiger partial charge in [-0.05, 0) is 25.9 Å². The first-order valence-electron chi connectivity index (χ1n) is 4.47. The standard InChI is InChI=1S/C8H21N3/c1-2-4-8(10)7-11-6-3-5-9/h8,11H,2-7,9-10H2,1H3.